The van der Waals surface area contributed by atoms with Crippen LogP contribution >= 0.6 is 0 Å². The zero-order valence-corrected chi connectivity index (χ0v) is 18.6. The summed E-state index contributed by atoms with van der Waals surface area (Å²) in [6.07, 6.45) is -1.01. The van der Waals surface area contributed by atoms with Gasteiger partial charge in [-0.1, -0.05) is 19.4 Å². The number of ether oxygens (including phenoxy) is 2. The van der Waals surface area contributed by atoms with Crippen molar-refractivity contribution < 1.29 is 63.6 Å². The number of carbonyl (C=O) groups is 3. The Morgan fingerprint density at radius 2 is 1.69 bits per heavy atom. The topological polar surface area (TPSA) is 113 Å². The quantitative estimate of drug-likeness (QED) is 0.180. The summed E-state index contributed by atoms with van der Waals surface area (Å²) in [7, 11) is 0. The van der Waals surface area contributed by atoms with Gasteiger partial charge in [-0.3, -0.25) is 9.59 Å². The minimum absolute atomic E-state index is 0. The first kappa shape index (κ1) is 27.3. The molecular formula is C18H29NaO7. The van der Waals surface area contributed by atoms with E-state index in [0.29, 0.717) is 6.42 Å². The summed E-state index contributed by atoms with van der Waals surface area (Å²) in [4.78, 5) is 34.4. The monoisotopic (exact) mass is 380 g/mol. The van der Waals surface area contributed by atoms with Crippen LogP contribution in [0.1, 0.15) is 53.9 Å². The Balaban J connectivity index is 0. The largest absolute Gasteiger partial charge is 1.00 e. The number of esters is 1. The normalized spacial score (nSPS) is 14.8. The molecule has 0 aliphatic rings. The van der Waals surface area contributed by atoms with Crippen LogP contribution in [-0.4, -0.2) is 42.3 Å². The first-order valence-electron chi connectivity index (χ1n) is 8.48. The van der Waals surface area contributed by atoms with E-state index in [9.17, 15) is 24.6 Å². The maximum atomic E-state index is 12.3. The molecule has 4 atom stereocenters. The second kappa shape index (κ2) is 14.2. The van der Waals surface area contributed by atoms with Crippen LogP contribution in [0, 0.1) is 11.8 Å². The molecule has 4 unspecified atom stereocenters. The third-order valence-corrected chi connectivity index (χ3v) is 4.40. The number of carbonyl (C=O) groups excluding carboxylic acids is 3. The van der Waals surface area contributed by atoms with Crippen LogP contribution in [0.5, 0.6) is 0 Å². The van der Waals surface area contributed by atoms with Crippen molar-refractivity contribution in [2.75, 3.05) is 6.61 Å². The summed E-state index contributed by atoms with van der Waals surface area (Å²) >= 11 is 0. The summed E-state index contributed by atoms with van der Waals surface area (Å²) in [6.45, 7) is 8.92. The molecule has 144 valence electrons. The van der Waals surface area contributed by atoms with Gasteiger partial charge in [-0.05, 0) is 45.6 Å². The molecule has 0 saturated carbocycles. The summed E-state index contributed by atoms with van der Waals surface area (Å²) < 4.78 is 10.1. The molecule has 7 nitrogen and oxygen atoms in total. The Hall–Kier alpha value is -0.890. The number of allylic oxidation sites excluding steroid dienone is 1. The van der Waals surface area contributed by atoms with Gasteiger partial charge in [-0.2, -0.15) is 0 Å². The number of carboxylic acid groups (broad SMARTS) is 1. The molecule has 1 N–H and O–H groups in total. The summed E-state index contributed by atoms with van der Waals surface area (Å²) in [5, 5.41) is 21.1. The Kier molecular flexibility index (Phi) is 14.9. The van der Waals surface area contributed by atoms with Crippen molar-refractivity contribution in [3.05, 3.63) is 11.1 Å². The fourth-order valence-corrected chi connectivity index (χ4v) is 2.42. The number of aliphatic carboxylic acids is 1. The maximum absolute atomic E-state index is 12.3. The van der Waals surface area contributed by atoms with Gasteiger partial charge >= 0.3 is 35.5 Å². The van der Waals surface area contributed by atoms with Gasteiger partial charge in [0.25, 0.3) is 6.47 Å². The van der Waals surface area contributed by atoms with Gasteiger partial charge in [-0.15, -0.1) is 0 Å². The number of carboxylic acids is 1. The Labute approximate surface area is 177 Å². The molecule has 0 rings (SSSR count). The molecule has 26 heavy (non-hydrogen) atoms. The van der Waals surface area contributed by atoms with Gasteiger partial charge < -0.3 is 24.5 Å². The molecule has 0 aromatic heterocycles. The predicted molar refractivity (Wildman–Crippen MR) is 89.1 cm³/mol. The van der Waals surface area contributed by atoms with Crippen molar-refractivity contribution in [1.82, 2.24) is 0 Å². The number of rotatable bonds is 12. The molecule has 0 bridgehead atoms. The van der Waals surface area contributed by atoms with E-state index >= 15 is 0 Å². The van der Waals surface area contributed by atoms with Crippen LogP contribution in [0.3, 0.4) is 0 Å². The standard InChI is InChI=1S/C18H30O7.Na/c1-6-13(20)8-15(17(21)22)14(7-2)18(23)24-9-16(25-10-19)12(5)11(3)4;/h10,13-16,20H,6-9H2,1-5H3,(H,21,22);/q;+1/p-1. The number of hydrogen-bond acceptors (Lipinski definition) is 7. The first-order valence-corrected chi connectivity index (χ1v) is 8.48. The third-order valence-electron chi connectivity index (χ3n) is 4.40. The minimum Gasteiger partial charge on any atom is -0.550 e. The molecule has 0 radical (unpaired) electrons. The van der Waals surface area contributed by atoms with Gasteiger partial charge in [-0.25, -0.2) is 0 Å². The molecule has 8 heteroatoms. The van der Waals surface area contributed by atoms with Crippen LogP contribution in [0.2, 0.25) is 0 Å². The van der Waals surface area contributed by atoms with Gasteiger partial charge in [0, 0.05) is 11.9 Å². The molecule has 0 heterocycles. The van der Waals surface area contributed by atoms with Gasteiger partial charge in [0.1, 0.15) is 6.61 Å². The predicted octanol–water partition coefficient (Wildman–Crippen LogP) is -2.02. The molecule has 0 aromatic carbocycles. The van der Waals surface area contributed by atoms with Crippen molar-refractivity contribution in [1.29, 1.82) is 0 Å². The second-order valence-electron chi connectivity index (χ2n) is 6.27. The SMILES string of the molecule is CCC(O)CC(C(=O)[O-])C(CC)C(=O)OCC(OC=O)C(C)=C(C)C.[Na+]. The molecule has 0 saturated heterocycles. The van der Waals surface area contributed by atoms with E-state index in [-0.39, 0.29) is 55.5 Å². The number of aliphatic hydroxyl groups is 1. The zero-order valence-electron chi connectivity index (χ0n) is 16.6. The molecule has 0 amide bonds. The van der Waals surface area contributed by atoms with E-state index in [1.807, 2.05) is 13.8 Å². The van der Waals surface area contributed by atoms with Gasteiger partial charge in [0.05, 0.1) is 12.0 Å². The van der Waals surface area contributed by atoms with Crippen molar-refractivity contribution >= 4 is 18.4 Å². The summed E-state index contributed by atoms with van der Waals surface area (Å²) in [6, 6.07) is 0. The smallest absolute Gasteiger partial charge is 0.550 e. The van der Waals surface area contributed by atoms with Crippen LogP contribution in [0.4, 0.5) is 0 Å². The zero-order chi connectivity index (χ0) is 19.6. The van der Waals surface area contributed by atoms with E-state index in [0.717, 1.165) is 11.1 Å². The van der Waals surface area contributed by atoms with E-state index in [1.165, 1.54) is 0 Å². The number of aliphatic hydroxyl groups excluding tert-OH is 1. The minimum atomic E-state index is -1.39. The molecule has 0 fully saturated rings. The third kappa shape index (κ3) is 9.16. The second-order valence-corrected chi connectivity index (χ2v) is 6.27. The molecular weight excluding hydrogens is 351 g/mol. The maximum Gasteiger partial charge on any atom is 1.00 e. The molecule has 0 aromatic rings. The molecule has 0 aliphatic carbocycles. The van der Waals surface area contributed by atoms with Crippen molar-refractivity contribution in [2.24, 2.45) is 11.8 Å². The Morgan fingerprint density at radius 1 is 1.12 bits per heavy atom. The van der Waals surface area contributed by atoms with E-state index in [4.69, 9.17) is 9.47 Å². The summed E-state index contributed by atoms with van der Waals surface area (Å²) in [5.74, 6) is -4.17. The van der Waals surface area contributed by atoms with Crippen LogP contribution in [0.15, 0.2) is 11.1 Å². The van der Waals surface area contributed by atoms with Crippen LogP contribution in [-0.2, 0) is 23.9 Å². The van der Waals surface area contributed by atoms with E-state index < -0.39 is 36.0 Å². The van der Waals surface area contributed by atoms with Gasteiger partial charge in [0.15, 0.2) is 6.10 Å². The Morgan fingerprint density at radius 3 is 2.08 bits per heavy atom. The average Bonchev–Trinajstić information content (AvgIpc) is 2.56. The number of hydrogen-bond donors (Lipinski definition) is 1. The van der Waals surface area contributed by atoms with Crippen LogP contribution < -0.4 is 34.7 Å². The Bertz CT molecular complexity index is 486. The average molecular weight is 380 g/mol. The molecule has 0 spiro atoms. The van der Waals surface area contributed by atoms with Crippen molar-refractivity contribution in [3.8, 4) is 0 Å². The van der Waals surface area contributed by atoms with E-state index in [1.54, 1.807) is 20.8 Å². The van der Waals surface area contributed by atoms with E-state index in [2.05, 4.69) is 0 Å². The van der Waals surface area contributed by atoms with Crippen molar-refractivity contribution in [2.45, 2.75) is 66.1 Å². The van der Waals surface area contributed by atoms with Gasteiger partial charge in [0.2, 0.25) is 0 Å². The fourth-order valence-electron chi connectivity index (χ4n) is 2.42. The summed E-state index contributed by atoms with van der Waals surface area (Å²) in [5.41, 5.74) is 1.68. The van der Waals surface area contributed by atoms with Crippen LogP contribution in [0.25, 0.3) is 0 Å². The fraction of sp³-hybridized carbons (Fsp3) is 0.722. The van der Waals surface area contributed by atoms with Crippen molar-refractivity contribution in [3.63, 3.8) is 0 Å². The molecule has 0 aliphatic heterocycles. The first-order chi connectivity index (χ1) is 11.7.